The number of rotatable bonds is 3. The molecule has 8 nitrogen and oxygen atoms in total. The smallest absolute Gasteiger partial charge is 0.302 e. The van der Waals surface area contributed by atoms with E-state index in [9.17, 15) is 27.9 Å². The van der Waals surface area contributed by atoms with E-state index in [4.69, 9.17) is 23.2 Å². The molecule has 0 aromatic carbocycles. The number of amides is 1. The number of hydrogen-bond acceptors (Lipinski definition) is 7. The number of carbonyl (C=O) groups excluding carboxylic acids is 3. The number of aliphatic carboxylic acids is 1. The Morgan fingerprint density at radius 3 is 2.45 bits per heavy atom. The lowest BCUT2D eigenvalue weighted by molar-refractivity contribution is -0.301. The molecule has 120 valence electrons. The van der Waals surface area contributed by atoms with Crippen molar-refractivity contribution in [1.82, 2.24) is 4.90 Å². The molecule has 0 radical (unpaired) electrons. The Labute approximate surface area is 134 Å². The minimum absolute atomic E-state index is 0.260. The second-order valence-corrected chi connectivity index (χ2v) is 7.54. The third kappa shape index (κ3) is 2.59. The van der Waals surface area contributed by atoms with E-state index in [1.165, 1.54) is 0 Å². The Morgan fingerprint density at radius 1 is 1.41 bits per heavy atom. The molecule has 2 heterocycles. The lowest BCUT2D eigenvalue weighted by Crippen LogP contribution is -2.63. The second kappa shape index (κ2) is 5.56. The first-order valence-corrected chi connectivity index (χ1v) is 8.22. The molecule has 0 spiro atoms. The summed E-state index contributed by atoms with van der Waals surface area (Å²) in [6, 6.07) is 0. The van der Waals surface area contributed by atoms with Crippen LogP contribution in [0.5, 0.6) is 0 Å². The first-order valence-electron chi connectivity index (χ1n) is 5.75. The summed E-state index contributed by atoms with van der Waals surface area (Å²) in [4.78, 5) is 34.5. The molecule has 0 aliphatic carbocycles. The highest BCUT2D eigenvalue weighted by Gasteiger charge is 2.56. The van der Waals surface area contributed by atoms with Crippen LogP contribution in [0.4, 0.5) is 0 Å². The Hall–Kier alpha value is -1.58. The zero-order valence-corrected chi connectivity index (χ0v) is 13.3. The van der Waals surface area contributed by atoms with E-state index in [2.05, 4.69) is 4.74 Å². The number of nitrogens with zero attached hydrogens (tertiary/aromatic N) is 1. The number of halogens is 2. The number of esters is 1. The number of ether oxygens (including phenoxy) is 1. The highest BCUT2D eigenvalue weighted by atomic mass is 35.5. The van der Waals surface area contributed by atoms with Crippen LogP contribution in [0.3, 0.4) is 0 Å². The summed E-state index contributed by atoms with van der Waals surface area (Å²) in [5, 5.41) is 9.68. The van der Waals surface area contributed by atoms with Crippen LogP contribution >= 0.6 is 23.2 Å². The van der Waals surface area contributed by atoms with Crippen LogP contribution in [0.25, 0.3) is 0 Å². The predicted molar refractivity (Wildman–Crippen MR) is 71.8 cm³/mol. The van der Waals surface area contributed by atoms with Crippen molar-refractivity contribution in [3.05, 3.63) is 21.3 Å². The lowest BCUT2D eigenvalue weighted by atomic mass is 10.0. The molecule has 2 aliphatic rings. The quantitative estimate of drug-likeness (QED) is 0.349. The topological polar surface area (TPSA) is 121 Å². The molecule has 1 saturated heterocycles. The fourth-order valence-corrected chi connectivity index (χ4v) is 4.70. The van der Waals surface area contributed by atoms with Crippen LogP contribution in [0.2, 0.25) is 0 Å². The van der Waals surface area contributed by atoms with E-state index in [0.29, 0.717) is 4.90 Å². The van der Waals surface area contributed by atoms with E-state index in [-0.39, 0.29) is 5.57 Å². The maximum atomic E-state index is 12.2. The van der Waals surface area contributed by atoms with Gasteiger partial charge in [0.05, 0.1) is 23.0 Å². The fraction of sp³-hybridized carbons (Fsp3) is 0.364. The Bertz CT molecular complexity index is 748. The van der Waals surface area contributed by atoms with Crippen molar-refractivity contribution in [2.75, 3.05) is 12.4 Å². The van der Waals surface area contributed by atoms with Gasteiger partial charge in [0.15, 0.2) is 15.2 Å². The molecule has 0 saturated carbocycles. The number of carboxylic acids is 1. The molecular weight excluding hydrogens is 361 g/mol. The van der Waals surface area contributed by atoms with Gasteiger partial charge in [-0.1, -0.05) is 23.2 Å². The molecule has 22 heavy (non-hydrogen) atoms. The summed E-state index contributed by atoms with van der Waals surface area (Å²) in [6.07, 6.45) is 0. The zero-order chi connectivity index (χ0) is 16.8. The number of hydrogen-bond donors (Lipinski definition) is 0. The number of fused-ring (bicyclic) bond motifs is 1. The summed E-state index contributed by atoms with van der Waals surface area (Å²) < 4.78 is 28.5. The van der Waals surface area contributed by atoms with Crippen LogP contribution in [-0.4, -0.2) is 48.9 Å². The molecule has 1 amide bonds. The normalized spacial score (nSPS) is 22.9. The average molecular weight is 369 g/mol. The predicted octanol–water partition coefficient (Wildman–Crippen LogP) is -1.16. The minimum Gasteiger partial charge on any atom is -0.543 e. The maximum Gasteiger partial charge on any atom is 0.302 e. The molecule has 0 aromatic rings. The van der Waals surface area contributed by atoms with Crippen molar-refractivity contribution in [3.8, 4) is 0 Å². The van der Waals surface area contributed by atoms with E-state index in [1.54, 1.807) is 0 Å². The zero-order valence-electron chi connectivity index (χ0n) is 11.0. The molecule has 1 atom stereocenters. The molecule has 2 aliphatic heterocycles. The number of carboxylic acid groups (broad SMARTS) is 1. The second-order valence-electron chi connectivity index (χ2n) is 4.53. The summed E-state index contributed by atoms with van der Waals surface area (Å²) in [5.41, 5.74) is -1.30. The summed E-state index contributed by atoms with van der Waals surface area (Å²) in [6.45, 7) is 0.490. The largest absolute Gasteiger partial charge is 0.543 e. The van der Waals surface area contributed by atoms with Crippen molar-refractivity contribution in [2.45, 2.75) is 12.3 Å². The van der Waals surface area contributed by atoms with Crippen molar-refractivity contribution in [2.24, 2.45) is 0 Å². The van der Waals surface area contributed by atoms with Crippen molar-refractivity contribution >= 4 is 50.9 Å². The molecule has 1 fully saturated rings. The molecule has 0 unspecified atom stereocenters. The van der Waals surface area contributed by atoms with Gasteiger partial charge < -0.3 is 14.6 Å². The first kappa shape index (κ1) is 16.8. The van der Waals surface area contributed by atoms with E-state index < -0.39 is 61.2 Å². The Balaban J connectivity index is 2.55. The summed E-state index contributed by atoms with van der Waals surface area (Å²) >= 11 is 10.9. The first-order chi connectivity index (χ1) is 10.1. The monoisotopic (exact) mass is 368 g/mol. The Morgan fingerprint density at radius 2 is 2.00 bits per heavy atom. The van der Waals surface area contributed by atoms with E-state index in [1.807, 2.05) is 0 Å². The highest BCUT2D eigenvalue weighted by Crippen LogP contribution is 2.42. The van der Waals surface area contributed by atoms with Gasteiger partial charge in [-0.15, -0.1) is 0 Å². The molecule has 2 rings (SSSR count). The van der Waals surface area contributed by atoms with Gasteiger partial charge in [0, 0.05) is 12.5 Å². The molecule has 0 aromatic heterocycles. The number of sulfone groups is 1. The molecular formula is C11H8Cl2NO7S-. The molecule has 0 bridgehead atoms. The van der Waals surface area contributed by atoms with Crippen molar-refractivity contribution < 1.29 is 32.6 Å². The SMILES string of the molecule is CC(=O)OCC1=C(C(=O)[O-])N2C(=O)C(=C(Cl)Cl)[C@H]2S(=O)(=O)C1. The Kier molecular flexibility index (Phi) is 4.24. The maximum absolute atomic E-state index is 12.2. The van der Waals surface area contributed by atoms with Gasteiger partial charge in [-0.2, -0.15) is 0 Å². The van der Waals surface area contributed by atoms with Crippen LogP contribution in [0.15, 0.2) is 21.3 Å². The fourth-order valence-electron chi connectivity index (χ4n) is 2.24. The summed E-state index contributed by atoms with van der Waals surface area (Å²) in [7, 11) is -3.98. The highest BCUT2D eigenvalue weighted by molar-refractivity contribution is 7.92. The van der Waals surface area contributed by atoms with Gasteiger partial charge in [0.1, 0.15) is 11.1 Å². The summed E-state index contributed by atoms with van der Waals surface area (Å²) in [5.74, 6) is -4.17. The molecule has 0 N–H and O–H groups in total. The van der Waals surface area contributed by atoms with Crippen LogP contribution in [0.1, 0.15) is 6.92 Å². The van der Waals surface area contributed by atoms with E-state index >= 15 is 0 Å². The van der Waals surface area contributed by atoms with Gasteiger partial charge in [-0.3, -0.25) is 14.5 Å². The average Bonchev–Trinajstić information content (AvgIpc) is 2.35. The van der Waals surface area contributed by atoms with Gasteiger partial charge in [0.25, 0.3) is 5.91 Å². The number of carbonyl (C=O) groups is 3. The third-order valence-electron chi connectivity index (χ3n) is 3.07. The van der Waals surface area contributed by atoms with Crippen LogP contribution in [0, 0.1) is 0 Å². The van der Waals surface area contributed by atoms with Crippen LogP contribution < -0.4 is 5.11 Å². The van der Waals surface area contributed by atoms with Crippen LogP contribution in [-0.2, 0) is 29.0 Å². The van der Waals surface area contributed by atoms with Gasteiger partial charge in [0.2, 0.25) is 0 Å². The van der Waals surface area contributed by atoms with Crippen molar-refractivity contribution in [1.29, 1.82) is 0 Å². The van der Waals surface area contributed by atoms with Gasteiger partial charge in [-0.05, 0) is 0 Å². The van der Waals surface area contributed by atoms with Gasteiger partial charge >= 0.3 is 5.97 Å². The third-order valence-corrected chi connectivity index (χ3v) is 5.35. The van der Waals surface area contributed by atoms with E-state index in [0.717, 1.165) is 6.92 Å². The standard InChI is InChI=1S/C11H9Cl2NO7S/c1-4(15)21-2-5-3-22(19,20)10-6(8(12)13)9(16)14(10)7(5)11(17)18/h10H,2-3H2,1H3,(H,17,18)/p-1/t10-/m1/s1. The van der Waals surface area contributed by atoms with Gasteiger partial charge in [-0.25, -0.2) is 8.42 Å². The molecule has 11 heteroatoms. The minimum atomic E-state index is -3.98. The lowest BCUT2D eigenvalue weighted by Gasteiger charge is -2.46. The number of β-lactam (4-membered cyclic amide) rings is 1. The van der Waals surface area contributed by atoms with Crippen molar-refractivity contribution in [3.63, 3.8) is 0 Å².